The van der Waals surface area contributed by atoms with Gasteiger partial charge in [-0.15, -0.1) is 0 Å². The topological polar surface area (TPSA) is 84.9 Å². The minimum absolute atomic E-state index is 0.00712. The molecule has 0 heterocycles. The first-order valence-corrected chi connectivity index (χ1v) is 11.5. The van der Waals surface area contributed by atoms with Crippen LogP contribution < -0.4 is 14.8 Å². The Morgan fingerprint density at radius 3 is 2.38 bits per heavy atom. The van der Waals surface area contributed by atoms with Gasteiger partial charge in [-0.2, -0.15) is 4.31 Å². The van der Waals surface area contributed by atoms with Crippen LogP contribution in [0, 0.1) is 0 Å². The molecule has 0 bridgehead atoms. The van der Waals surface area contributed by atoms with Crippen molar-refractivity contribution in [3.8, 4) is 11.5 Å². The predicted molar refractivity (Wildman–Crippen MR) is 124 cm³/mol. The molecule has 0 unspecified atom stereocenters. The molecule has 0 spiro atoms. The zero-order valence-electron chi connectivity index (χ0n) is 17.6. The van der Waals surface area contributed by atoms with E-state index in [-0.39, 0.29) is 16.5 Å². The van der Waals surface area contributed by atoms with Crippen molar-refractivity contribution in [2.45, 2.75) is 11.4 Å². The van der Waals surface area contributed by atoms with Crippen molar-refractivity contribution in [3.05, 3.63) is 83.4 Å². The number of sulfonamides is 1. The zero-order valence-corrected chi connectivity index (χ0v) is 19.2. The third-order valence-electron chi connectivity index (χ3n) is 4.64. The Bertz CT molecular complexity index is 1190. The van der Waals surface area contributed by atoms with Crippen molar-refractivity contribution in [2.75, 3.05) is 26.1 Å². The molecule has 1 N–H and O–H groups in total. The van der Waals surface area contributed by atoms with Gasteiger partial charge in [0.25, 0.3) is 0 Å². The summed E-state index contributed by atoms with van der Waals surface area (Å²) < 4.78 is 38.3. The molecule has 3 rings (SSSR count). The first-order chi connectivity index (χ1) is 15.3. The summed E-state index contributed by atoms with van der Waals surface area (Å²) in [5.41, 5.74) is 1.11. The molecule has 3 aromatic carbocycles. The molecule has 9 heteroatoms. The Balaban J connectivity index is 1.90. The number of nitrogens with zero attached hydrogens (tertiary/aromatic N) is 1. The Hall–Kier alpha value is -3.07. The Kier molecular flexibility index (Phi) is 7.74. The van der Waals surface area contributed by atoms with E-state index >= 15 is 0 Å². The summed E-state index contributed by atoms with van der Waals surface area (Å²) in [6.45, 7) is -0.400. The van der Waals surface area contributed by atoms with Crippen molar-refractivity contribution >= 4 is 33.2 Å². The lowest BCUT2D eigenvalue weighted by molar-refractivity contribution is -0.116. The van der Waals surface area contributed by atoms with E-state index in [4.69, 9.17) is 21.1 Å². The molecule has 0 saturated carbocycles. The summed E-state index contributed by atoms with van der Waals surface area (Å²) in [6.07, 6.45) is 0. The monoisotopic (exact) mass is 474 g/mol. The summed E-state index contributed by atoms with van der Waals surface area (Å²) >= 11 is 6.00. The van der Waals surface area contributed by atoms with Crippen molar-refractivity contribution < 1.29 is 22.7 Å². The second-order valence-corrected chi connectivity index (χ2v) is 9.20. The van der Waals surface area contributed by atoms with Gasteiger partial charge in [-0.05, 0) is 35.9 Å². The third-order valence-corrected chi connectivity index (χ3v) is 6.66. The molecule has 0 saturated heterocycles. The smallest absolute Gasteiger partial charge is 0.243 e. The number of amides is 1. The van der Waals surface area contributed by atoms with Crippen molar-refractivity contribution in [1.29, 1.82) is 0 Å². The fourth-order valence-corrected chi connectivity index (χ4v) is 4.74. The number of benzene rings is 3. The summed E-state index contributed by atoms with van der Waals surface area (Å²) in [5, 5.41) is 3.00. The van der Waals surface area contributed by atoms with Crippen LogP contribution >= 0.6 is 11.6 Å². The van der Waals surface area contributed by atoms with E-state index in [1.165, 1.54) is 26.4 Å². The average molecular weight is 475 g/mol. The minimum Gasteiger partial charge on any atom is -0.497 e. The van der Waals surface area contributed by atoms with E-state index in [2.05, 4.69) is 5.32 Å². The van der Waals surface area contributed by atoms with Crippen LogP contribution in [0.3, 0.4) is 0 Å². The van der Waals surface area contributed by atoms with Crippen molar-refractivity contribution in [2.24, 2.45) is 0 Å². The largest absolute Gasteiger partial charge is 0.497 e. The van der Waals surface area contributed by atoms with Crippen molar-refractivity contribution in [1.82, 2.24) is 4.31 Å². The molecule has 0 aliphatic heterocycles. The molecule has 168 valence electrons. The van der Waals surface area contributed by atoms with E-state index in [0.717, 1.165) is 9.87 Å². The van der Waals surface area contributed by atoms with E-state index in [0.29, 0.717) is 17.2 Å². The van der Waals surface area contributed by atoms with Crippen LogP contribution in [0.2, 0.25) is 5.02 Å². The Labute approximate surface area is 192 Å². The van der Waals surface area contributed by atoms with Gasteiger partial charge in [-0.3, -0.25) is 4.79 Å². The number of halogens is 1. The summed E-state index contributed by atoms with van der Waals surface area (Å²) in [7, 11) is -1.02. The van der Waals surface area contributed by atoms with Crippen LogP contribution in [0.25, 0.3) is 0 Å². The van der Waals surface area contributed by atoms with Gasteiger partial charge in [-0.25, -0.2) is 8.42 Å². The molecule has 7 nitrogen and oxygen atoms in total. The molecule has 0 aromatic heterocycles. The first-order valence-electron chi connectivity index (χ1n) is 9.65. The number of rotatable bonds is 9. The fourth-order valence-electron chi connectivity index (χ4n) is 3.05. The summed E-state index contributed by atoms with van der Waals surface area (Å²) in [4.78, 5) is 12.9. The van der Waals surface area contributed by atoms with Crippen molar-refractivity contribution in [3.63, 3.8) is 0 Å². The van der Waals surface area contributed by atoms with Gasteiger partial charge in [0.05, 0.1) is 31.3 Å². The lowest BCUT2D eigenvalue weighted by atomic mass is 10.2. The number of hydrogen-bond donors (Lipinski definition) is 1. The van der Waals surface area contributed by atoms with Crippen LogP contribution in [-0.4, -0.2) is 39.4 Å². The van der Waals surface area contributed by atoms with Gasteiger partial charge in [0, 0.05) is 17.6 Å². The highest BCUT2D eigenvalue weighted by Crippen LogP contribution is 2.29. The lowest BCUT2D eigenvalue weighted by Crippen LogP contribution is -2.37. The standard InChI is InChI=1S/C23H23ClN2O5S/c1-30-19-11-12-22(31-2)21(14-19)25-23(27)16-26(15-17-7-4-3-5-8-17)32(28,29)20-10-6-9-18(24)13-20/h3-14H,15-16H2,1-2H3,(H,25,27). The highest BCUT2D eigenvalue weighted by atomic mass is 35.5. The first kappa shape index (κ1) is 23.6. The number of hydrogen-bond acceptors (Lipinski definition) is 5. The van der Waals surface area contributed by atoms with Crippen LogP contribution in [0.15, 0.2) is 77.7 Å². The SMILES string of the molecule is COc1ccc(OC)c(NC(=O)CN(Cc2ccccc2)S(=O)(=O)c2cccc(Cl)c2)c1. The van der Waals surface area contributed by atoms with Gasteiger partial charge in [0.15, 0.2) is 0 Å². The molecule has 0 fully saturated rings. The molecule has 0 atom stereocenters. The van der Waals surface area contributed by atoms with Crippen LogP contribution in [0.1, 0.15) is 5.56 Å². The van der Waals surface area contributed by atoms with Crippen LogP contribution in [0.4, 0.5) is 5.69 Å². The third kappa shape index (κ3) is 5.79. The zero-order chi connectivity index (χ0) is 23.1. The number of carbonyl (C=O) groups excluding carboxylic acids is 1. The second-order valence-electron chi connectivity index (χ2n) is 6.83. The molecule has 3 aromatic rings. The minimum atomic E-state index is -4.01. The molecule has 1 amide bonds. The molecule has 0 aliphatic carbocycles. The molecular weight excluding hydrogens is 452 g/mol. The number of nitrogens with one attached hydrogen (secondary N) is 1. The molecular formula is C23H23ClN2O5S. The maximum Gasteiger partial charge on any atom is 0.243 e. The number of methoxy groups -OCH3 is 2. The van der Waals surface area contributed by atoms with Gasteiger partial charge in [0.2, 0.25) is 15.9 Å². The maximum absolute atomic E-state index is 13.3. The van der Waals surface area contributed by atoms with E-state index in [1.54, 1.807) is 54.6 Å². The quantitative estimate of drug-likeness (QED) is 0.502. The van der Waals surface area contributed by atoms with Crippen LogP contribution in [-0.2, 0) is 21.4 Å². The summed E-state index contributed by atoms with van der Waals surface area (Å²) in [6, 6.07) is 19.9. The molecule has 0 radical (unpaired) electrons. The van der Waals surface area contributed by atoms with E-state index < -0.39 is 22.5 Å². The van der Waals surface area contributed by atoms with Gasteiger partial charge < -0.3 is 14.8 Å². The fraction of sp³-hybridized carbons (Fsp3) is 0.174. The second kappa shape index (κ2) is 10.5. The lowest BCUT2D eigenvalue weighted by Gasteiger charge is -2.22. The van der Waals surface area contributed by atoms with Crippen LogP contribution in [0.5, 0.6) is 11.5 Å². The number of anilines is 1. The Morgan fingerprint density at radius 1 is 0.969 bits per heavy atom. The van der Waals surface area contributed by atoms with Gasteiger partial charge in [-0.1, -0.05) is 48.0 Å². The average Bonchev–Trinajstić information content (AvgIpc) is 2.79. The molecule has 32 heavy (non-hydrogen) atoms. The van der Waals surface area contributed by atoms with Gasteiger partial charge >= 0.3 is 0 Å². The predicted octanol–water partition coefficient (Wildman–Crippen LogP) is 4.19. The summed E-state index contributed by atoms with van der Waals surface area (Å²) in [5.74, 6) is 0.415. The number of carbonyl (C=O) groups is 1. The normalized spacial score (nSPS) is 11.2. The van der Waals surface area contributed by atoms with Gasteiger partial charge in [0.1, 0.15) is 11.5 Å². The Morgan fingerprint density at radius 2 is 1.72 bits per heavy atom. The molecule has 0 aliphatic rings. The number of ether oxygens (including phenoxy) is 2. The van der Waals surface area contributed by atoms with E-state index in [1.807, 2.05) is 6.07 Å². The maximum atomic E-state index is 13.3. The van der Waals surface area contributed by atoms with E-state index in [9.17, 15) is 13.2 Å². The highest BCUT2D eigenvalue weighted by Gasteiger charge is 2.27. The highest BCUT2D eigenvalue weighted by molar-refractivity contribution is 7.89.